The Labute approximate surface area is 152 Å². The van der Waals surface area contributed by atoms with E-state index in [0.717, 1.165) is 24.5 Å². The van der Waals surface area contributed by atoms with Gasteiger partial charge in [-0.2, -0.15) is 0 Å². The molecule has 0 aliphatic carbocycles. The summed E-state index contributed by atoms with van der Waals surface area (Å²) in [6.07, 6.45) is 5.82. The van der Waals surface area contributed by atoms with E-state index in [-0.39, 0.29) is 0 Å². The molecule has 1 aromatic carbocycles. The van der Waals surface area contributed by atoms with E-state index >= 15 is 0 Å². The monoisotopic (exact) mass is 350 g/mol. The van der Waals surface area contributed by atoms with Crippen molar-refractivity contribution in [2.75, 3.05) is 18.5 Å². The molecular weight excluding hydrogens is 328 g/mol. The Hall–Kier alpha value is -2.80. The van der Waals surface area contributed by atoms with E-state index in [2.05, 4.69) is 37.3 Å². The molecule has 1 aliphatic heterocycles. The van der Waals surface area contributed by atoms with Crippen LogP contribution in [0.4, 0.5) is 5.82 Å². The predicted molar refractivity (Wildman–Crippen MR) is 99.6 cm³/mol. The fourth-order valence-electron chi connectivity index (χ4n) is 3.28. The number of hydrogen-bond acceptors (Lipinski definition) is 7. The average Bonchev–Trinajstić information content (AvgIpc) is 3.32. The van der Waals surface area contributed by atoms with E-state index in [1.54, 1.807) is 12.4 Å². The van der Waals surface area contributed by atoms with Crippen LogP contribution in [0.2, 0.25) is 0 Å². The van der Waals surface area contributed by atoms with Gasteiger partial charge in [0, 0.05) is 24.7 Å². The van der Waals surface area contributed by atoms with Crippen molar-refractivity contribution in [3.63, 3.8) is 0 Å². The van der Waals surface area contributed by atoms with Crippen LogP contribution in [-0.2, 0) is 6.54 Å². The molecule has 26 heavy (non-hydrogen) atoms. The van der Waals surface area contributed by atoms with Crippen molar-refractivity contribution in [1.29, 1.82) is 0 Å². The molecule has 7 nitrogen and oxygen atoms in total. The number of hydrogen-bond donors (Lipinski definition) is 1. The van der Waals surface area contributed by atoms with Gasteiger partial charge in [-0.15, -0.1) is 10.2 Å². The third-order valence-electron chi connectivity index (χ3n) is 4.69. The summed E-state index contributed by atoms with van der Waals surface area (Å²) in [4.78, 5) is 11.3. The summed E-state index contributed by atoms with van der Waals surface area (Å²) in [6, 6.07) is 8.54. The molecule has 2 aromatic heterocycles. The minimum absolute atomic E-state index is 0.389. The van der Waals surface area contributed by atoms with E-state index in [1.807, 2.05) is 31.3 Å². The first-order valence-electron chi connectivity index (χ1n) is 8.91. The second kappa shape index (κ2) is 7.21. The Morgan fingerprint density at radius 1 is 1.15 bits per heavy atom. The molecule has 1 aliphatic rings. The Bertz CT molecular complexity index is 876. The zero-order chi connectivity index (χ0) is 17.9. The van der Waals surface area contributed by atoms with Gasteiger partial charge in [0.1, 0.15) is 11.5 Å². The highest BCUT2D eigenvalue weighted by Crippen LogP contribution is 2.26. The molecule has 1 saturated heterocycles. The van der Waals surface area contributed by atoms with Gasteiger partial charge in [0.15, 0.2) is 0 Å². The molecule has 1 atom stereocenters. The lowest BCUT2D eigenvalue weighted by atomic mass is 10.1. The van der Waals surface area contributed by atoms with Crippen molar-refractivity contribution in [2.45, 2.75) is 32.4 Å². The van der Waals surface area contributed by atoms with Gasteiger partial charge >= 0.3 is 0 Å². The Morgan fingerprint density at radius 2 is 1.96 bits per heavy atom. The maximum atomic E-state index is 5.84. The van der Waals surface area contributed by atoms with E-state index in [9.17, 15) is 0 Å². The van der Waals surface area contributed by atoms with Crippen molar-refractivity contribution in [2.24, 2.45) is 0 Å². The molecule has 0 spiro atoms. The van der Waals surface area contributed by atoms with E-state index in [0.29, 0.717) is 23.5 Å². The molecule has 0 bridgehead atoms. The molecule has 7 heteroatoms. The molecule has 0 amide bonds. The molecule has 0 radical (unpaired) electrons. The molecule has 4 rings (SSSR count). The fraction of sp³-hybridized carbons (Fsp3) is 0.368. The highest BCUT2D eigenvalue weighted by molar-refractivity contribution is 5.57. The zero-order valence-electron chi connectivity index (χ0n) is 15.0. The van der Waals surface area contributed by atoms with Gasteiger partial charge in [0.25, 0.3) is 5.89 Å². The van der Waals surface area contributed by atoms with Crippen LogP contribution in [0.25, 0.3) is 23.0 Å². The number of aromatic nitrogens is 4. The summed E-state index contributed by atoms with van der Waals surface area (Å²) in [5.74, 6) is 1.74. The quantitative estimate of drug-likeness (QED) is 0.758. The first-order valence-corrected chi connectivity index (χ1v) is 8.91. The van der Waals surface area contributed by atoms with Gasteiger partial charge in [-0.1, -0.05) is 12.1 Å². The van der Waals surface area contributed by atoms with Crippen LogP contribution < -0.4 is 10.2 Å². The summed E-state index contributed by atoms with van der Waals surface area (Å²) in [7, 11) is 1.93. The summed E-state index contributed by atoms with van der Waals surface area (Å²) in [6.45, 7) is 4.05. The first kappa shape index (κ1) is 16.7. The highest BCUT2D eigenvalue weighted by Gasteiger charge is 2.22. The minimum atomic E-state index is 0.389. The lowest BCUT2D eigenvalue weighted by Gasteiger charge is -2.22. The van der Waals surface area contributed by atoms with Gasteiger partial charge in [0.2, 0.25) is 5.89 Å². The maximum Gasteiger partial charge on any atom is 0.268 e. The molecule has 1 fully saturated rings. The molecule has 3 aromatic rings. The highest BCUT2D eigenvalue weighted by atomic mass is 16.4. The fourth-order valence-corrected chi connectivity index (χ4v) is 3.28. The largest absolute Gasteiger partial charge is 0.415 e. The summed E-state index contributed by atoms with van der Waals surface area (Å²) >= 11 is 0. The SMILES string of the molecule is CNCc1ccc(-c2nnc(-c3cncc(N4CCC[C@H]4C)n3)o2)cc1. The average molecular weight is 350 g/mol. The molecule has 3 heterocycles. The van der Waals surface area contributed by atoms with Gasteiger partial charge < -0.3 is 14.6 Å². The van der Waals surface area contributed by atoms with Crippen LogP contribution in [0.5, 0.6) is 0 Å². The molecule has 0 saturated carbocycles. The van der Waals surface area contributed by atoms with Gasteiger partial charge in [0.05, 0.1) is 12.4 Å². The molecule has 0 unspecified atom stereocenters. The number of nitrogens with zero attached hydrogens (tertiary/aromatic N) is 5. The first-order chi connectivity index (χ1) is 12.7. The molecule has 134 valence electrons. The van der Waals surface area contributed by atoms with E-state index in [1.165, 1.54) is 18.4 Å². The Kier molecular flexibility index (Phi) is 4.62. The summed E-state index contributed by atoms with van der Waals surface area (Å²) in [5.41, 5.74) is 2.70. The number of benzene rings is 1. The van der Waals surface area contributed by atoms with Crippen LogP contribution in [0.3, 0.4) is 0 Å². The van der Waals surface area contributed by atoms with Gasteiger partial charge in [-0.05, 0) is 44.5 Å². The predicted octanol–water partition coefficient (Wildman–Crippen LogP) is 2.90. The molecule has 1 N–H and O–H groups in total. The lowest BCUT2D eigenvalue weighted by molar-refractivity contribution is 0.581. The van der Waals surface area contributed by atoms with E-state index < -0.39 is 0 Å². The lowest BCUT2D eigenvalue weighted by Crippen LogP contribution is -2.27. The van der Waals surface area contributed by atoms with E-state index in [4.69, 9.17) is 4.42 Å². The van der Waals surface area contributed by atoms with Crippen molar-refractivity contribution in [3.05, 3.63) is 42.2 Å². The zero-order valence-corrected chi connectivity index (χ0v) is 15.0. The Balaban J connectivity index is 1.58. The maximum absolute atomic E-state index is 5.84. The van der Waals surface area contributed by atoms with Gasteiger partial charge in [-0.3, -0.25) is 4.98 Å². The van der Waals surface area contributed by atoms with Crippen LogP contribution in [0.1, 0.15) is 25.3 Å². The smallest absolute Gasteiger partial charge is 0.268 e. The van der Waals surface area contributed by atoms with Crippen molar-refractivity contribution in [1.82, 2.24) is 25.5 Å². The van der Waals surface area contributed by atoms with Crippen molar-refractivity contribution in [3.8, 4) is 23.0 Å². The second-order valence-electron chi connectivity index (χ2n) is 6.59. The van der Waals surface area contributed by atoms with Crippen LogP contribution in [0.15, 0.2) is 41.1 Å². The molecular formula is C19H22N6O. The van der Waals surface area contributed by atoms with Gasteiger partial charge in [-0.25, -0.2) is 4.98 Å². The number of anilines is 1. The summed E-state index contributed by atoms with van der Waals surface area (Å²) in [5, 5.41) is 11.5. The van der Waals surface area contributed by atoms with Crippen molar-refractivity contribution < 1.29 is 4.42 Å². The third-order valence-corrected chi connectivity index (χ3v) is 4.69. The standard InChI is InChI=1S/C19H22N6O/c1-13-4-3-9-25(13)17-12-21-11-16(22-17)19-24-23-18(26-19)15-7-5-14(6-8-15)10-20-2/h5-8,11-13,20H,3-4,9-10H2,1-2H3/t13-/m1/s1. The number of nitrogens with one attached hydrogen (secondary N) is 1. The third kappa shape index (κ3) is 3.30. The second-order valence-corrected chi connectivity index (χ2v) is 6.59. The summed E-state index contributed by atoms with van der Waals surface area (Å²) < 4.78 is 5.84. The van der Waals surface area contributed by atoms with Crippen molar-refractivity contribution >= 4 is 5.82 Å². The normalized spacial score (nSPS) is 17.0. The topological polar surface area (TPSA) is 80.0 Å². The number of rotatable bonds is 5. The van der Waals surface area contributed by atoms with Crippen LogP contribution in [-0.4, -0.2) is 39.8 Å². The minimum Gasteiger partial charge on any atom is -0.415 e. The Morgan fingerprint density at radius 3 is 2.69 bits per heavy atom. The van der Waals surface area contributed by atoms with Crippen LogP contribution in [0, 0.1) is 0 Å². The van der Waals surface area contributed by atoms with Crippen LogP contribution >= 0.6 is 0 Å².